The Hall–Kier alpha value is -2.85. The average Bonchev–Trinajstić information content (AvgIpc) is 2.62. The van der Waals surface area contributed by atoms with E-state index in [-0.39, 0.29) is 11.5 Å². The molecule has 4 nitrogen and oxygen atoms in total. The molecule has 0 bridgehead atoms. The molecule has 0 aliphatic rings. The first kappa shape index (κ1) is 18.0. The van der Waals surface area contributed by atoms with Crippen molar-refractivity contribution in [3.63, 3.8) is 0 Å². The number of hydrogen-bond donors (Lipinski definition) is 1. The van der Waals surface area contributed by atoms with Gasteiger partial charge in [0.25, 0.3) is 11.5 Å². The summed E-state index contributed by atoms with van der Waals surface area (Å²) >= 11 is 5.89. The third-order valence-electron chi connectivity index (χ3n) is 4.36. The maximum Gasteiger partial charge on any atom is 0.257 e. The fourth-order valence-corrected chi connectivity index (χ4v) is 2.78. The fraction of sp³-hybridized carbons (Fsp3) is 0.143. The van der Waals surface area contributed by atoms with Crippen molar-refractivity contribution in [1.82, 2.24) is 4.57 Å². The number of nitrogens with zero attached hydrogens (tertiary/aromatic N) is 1. The highest BCUT2D eigenvalue weighted by atomic mass is 35.5. The van der Waals surface area contributed by atoms with E-state index in [1.807, 2.05) is 44.2 Å². The zero-order valence-corrected chi connectivity index (χ0v) is 15.4. The van der Waals surface area contributed by atoms with Crippen LogP contribution < -0.4 is 10.9 Å². The van der Waals surface area contributed by atoms with Crippen LogP contribution in [0.2, 0.25) is 5.02 Å². The summed E-state index contributed by atoms with van der Waals surface area (Å²) in [7, 11) is 0. The zero-order valence-electron chi connectivity index (χ0n) is 14.6. The molecular formula is C21H19ClN2O2. The Kier molecular flexibility index (Phi) is 5.24. The second-order valence-corrected chi connectivity index (χ2v) is 6.65. The molecule has 132 valence electrons. The number of nitrogens with one attached hydrogen (secondary N) is 1. The van der Waals surface area contributed by atoms with Crippen LogP contribution in [-0.2, 0) is 6.54 Å². The Labute approximate surface area is 157 Å². The standard InChI is InChI=1S/C21H19ClN2O2/c1-14-4-3-5-19(15(14)2)23-21(26)17-8-11-20(25)24(13-17)12-16-6-9-18(22)10-7-16/h3-11,13H,12H2,1-2H3,(H,23,26). The van der Waals surface area contributed by atoms with Crippen molar-refractivity contribution in [3.05, 3.63) is 98.4 Å². The SMILES string of the molecule is Cc1cccc(NC(=O)c2ccc(=O)n(Cc3ccc(Cl)cc3)c2)c1C. The van der Waals surface area contributed by atoms with Gasteiger partial charge in [0.05, 0.1) is 12.1 Å². The summed E-state index contributed by atoms with van der Waals surface area (Å²) in [6.07, 6.45) is 1.58. The minimum absolute atomic E-state index is 0.164. The van der Waals surface area contributed by atoms with Crippen LogP contribution in [0.25, 0.3) is 0 Å². The molecule has 26 heavy (non-hydrogen) atoms. The third kappa shape index (κ3) is 4.03. The van der Waals surface area contributed by atoms with Gasteiger partial charge in [-0.2, -0.15) is 0 Å². The van der Waals surface area contributed by atoms with Crippen LogP contribution in [-0.4, -0.2) is 10.5 Å². The summed E-state index contributed by atoms with van der Waals surface area (Å²) in [6.45, 7) is 4.34. The summed E-state index contributed by atoms with van der Waals surface area (Å²) in [5.74, 6) is -0.247. The van der Waals surface area contributed by atoms with E-state index >= 15 is 0 Å². The van der Waals surface area contributed by atoms with Gasteiger partial charge < -0.3 is 9.88 Å². The number of amides is 1. The van der Waals surface area contributed by atoms with E-state index in [0.717, 1.165) is 22.4 Å². The van der Waals surface area contributed by atoms with Crippen LogP contribution in [0.3, 0.4) is 0 Å². The van der Waals surface area contributed by atoms with Crippen LogP contribution in [0, 0.1) is 13.8 Å². The topological polar surface area (TPSA) is 51.1 Å². The Bertz CT molecular complexity index is 1010. The van der Waals surface area contributed by atoms with E-state index in [1.54, 1.807) is 24.4 Å². The Morgan fingerprint density at radius 1 is 1.04 bits per heavy atom. The van der Waals surface area contributed by atoms with E-state index in [2.05, 4.69) is 5.32 Å². The minimum Gasteiger partial charge on any atom is -0.322 e. The highest BCUT2D eigenvalue weighted by molar-refractivity contribution is 6.30. The van der Waals surface area contributed by atoms with Gasteiger partial charge in [0, 0.05) is 23.0 Å². The second-order valence-electron chi connectivity index (χ2n) is 6.21. The van der Waals surface area contributed by atoms with E-state index in [4.69, 9.17) is 11.6 Å². The van der Waals surface area contributed by atoms with Gasteiger partial charge in [-0.1, -0.05) is 35.9 Å². The van der Waals surface area contributed by atoms with Crippen molar-refractivity contribution in [2.24, 2.45) is 0 Å². The van der Waals surface area contributed by atoms with Gasteiger partial charge >= 0.3 is 0 Å². The maximum atomic E-state index is 12.6. The average molecular weight is 367 g/mol. The molecule has 1 aromatic heterocycles. The molecule has 5 heteroatoms. The number of rotatable bonds is 4. The van der Waals surface area contributed by atoms with Crippen molar-refractivity contribution >= 4 is 23.2 Å². The van der Waals surface area contributed by atoms with Gasteiger partial charge in [0.15, 0.2) is 0 Å². The first-order valence-corrected chi connectivity index (χ1v) is 8.64. The quantitative estimate of drug-likeness (QED) is 0.743. The van der Waals surface area contributed by atoms with Crippen molar-refractivity contribution in [1.29, 1.82) is 0 Å². The normalized spacial score (nSPS) is 10.6. The van der Waals surface area contributed by atoms with Gasteiger partial charge in [0.2, 0.25) is 0 Å². The summed E-state index contributed by atoms with van der Waals surface area (Å²) in [4.78, 5) is 24.7. The Morgan fingerprint density at radius 2 is 1.77 bits per heavy atom. The molecule has 0 fully saturated rings. The summed E-state index contributed by atoms with van der Waals surface area (Å²) in [5, 5.41) is 3.56. The highest BCUT2D eigenvalue weighted by Crippen LogP contribution is 2.18. The number of carbonyl (C=O) groups excluding carboxylic acids is 1. The van der Waals surface area contributed by atoms with Gasteiger partial charge in [-0.15, -0.1) is 0 Å². The molecule has 0 unspecified atom stereocenters. The van der Waals surface area contributed by atoms with Gasteiger partial charge in [0.1, 0.15) is 0 Å². The number of aryl methyl sites for hydroxylation is 1. The van der Waals surface area contributed by atoms with Gasteiger partial charge in [-0.25, -0.2) is 0 Å². The molecule has 2 aromatic carbocycles. The number of carbonyl (C=O) groups is 1. The lowest BCUT2D eigenvalue weighted by molar-refractivity contribution is 0.102. The summed E-state index contributed by atoms with van der Waals surface area (Å²) in [5.41, 5.74) is 4.10. The molecule has 1 heterocycles. The number of anilines is 1. The predicted molar refractivity (Wildman–Crippen MR) is 105 cm³/mol. The molecule has 1 amide bonds. The van der Waals surface area contributed by atoms with E-state index in [1.165, 1.54) is 10.6 Å². The molecule has 0 saturated carbocycles. The van der Waals surface area contributed by atoms with Crippen LogP contribution in [0.1, 0.15) is 27.0 Å². The monoisotopic (exact) mass is 366 g/mol. The van der Waals surface area contributed by atoms with Crippen LogP contribution >= 0.6 is 11.6 Å². The lowest BCUT2D eigenvalue weighted by Crippen LogP contribution is -2.22. The predicted octanol–water partition coefficient (Wildman–Crippen LogP) is 4.42. The molecule has 0 saturated heterocycles. The molecule has 0 atom stereocenters. The largest absolute Gasteiger partial charge is 0.322 e. The molecule has 0 aliphatic carbocycles. The molecule has 1 N–H and O–H groups in total. The van der Waals surface area contributed by atoms with Crippen molar-refractivity contribution in [2.45, 2.75) is 20.4 Å². The molecule has 0 aliphatic heterocycles. The smallest absolute Gasteiger partial charge is 0.257 e. The minimum atomic E-state index is -0.247. The van der Waals surface area contributed by atoms with Gasteiger partial charge in [-0.05, 0) is 54.8 Å². The Balaban J connectivity index is 1.84. The zero-order chi connectivity index (χ0) is 18.7. The third-order valence-corrected chi connectivity index (χ3v) is 4.62. The van der Waals surface area contributed by atoms with Crippen LogP contribution in [0.15, 0.2) is 65.6 Å². The molecule has 0 radical (unpaired) electrons. The number of halogens is 1. The first-order valence-electron chi connectivity index (χ1n) is 8.26. The van der Waals surface area contributed by atoms with Crippen molar-refractivity contribution in [3.8, 4) is 0 Å². The van der Waals surface area contributed by atoms with Crippen molar-refractivity contribution < 1.29 is 4.79 Å². The van der Waals surface area contributed by atoms with Crippen LogP contribution in [0.5, 0.6) is 0 Å². The van der Waals surface area contributed by atoms with Crippen molar-refractivity contribution in [2.75, 3.05) is 5.32 Å². The lowest BCUT2D eigenvalue weighted by atomic mass is 10.1. The summed E-state index contributed by atoms with van der Waals surface area (Å²) < 4.78 is 1.52. The second kappa shape index (κ2) is 7.58. The Morgan fingerprint density at radius 3 is 2.50 bits per heavy atom. The van der Waals surface area contributed by atoms with Crippen LogP contribution in [0.4, 0.5) is 5.69 Å². The lowest BCUT2D eigenvalue weighted by Gasteiger charge is -2.12. The molecule has 3 aromatic rings. The molecule has 0 spiro atoms. The van der Waals surface area contributed by atoms with Gasteiger partial charge in [-0.3, -0.25) is 9.59 Å². The van der Waals surface area contributed by atoms with E-state index < -0.39 is 0 Å². The molecular weight excluding hydrogens is 348 g/mol. The highest BCUT2D eigenvalue weighted by Gasteiger charge is 2.10. The number of aromatic nitrogens is 1. The molecule has 3 rings (SSSR count). The number of pyridine rings is 1. The first-order chi connectivity index (χ1) is 12.4. The van der Waals surface area contributed by atoms with E-state index in [0.29, 0.717) is 17.1 Å². The van der Waals surface area contributed by atoms with E-state index in [9.17, 15) is 9.59 Å². The number of benzene rings is 2. The summed E-state index contributed by atoms with van der Waals surface area (Å²) in [6, 6.07) is 16.0. The fourth-order valence-electron chi connectivity index (χ4n) is 2.66. The maximum absolute atomic E-state index is 12.6. The number of hydrogen-bond acceptors (Lipinski definition) is 2.